The molecular formula is C13H17F4N. The van der Waals surface area contributed by atoms with Gasteiger partial charge in [-0.3, -0.25) is 0 Å². The molecule has 0 unspecified atom stereocenters. The highest BCUT2D eigenvalue weighted by atomic mass is 19.4. The molecule has 0 radical (unpaired) electrons. The van der Waals surface area contributed by atoms with Crippen LogP contribution in [0, 0.1) is 11.7 Å². The minimum absolute atomic E-state index is 0.0765. The van der Waals surface area contributed by atoms with E-state index < -0.39 is 17.6 Å². The predicted molar refractivity (Wildman–Crippen MR) is 62.6 cm³/mol. The molecule has 5 heteroatoms. The van der Waals surface area contributed by atoms with Crippen LogP contribution in [-0.2, 0) is 12.7 Å². The van der Waals surface area contributed by atoms with Crippen molar-refractivity contribution >= 4 is 0 Å². The van der Waals surface area contributed by atoms with Crippen LogP contribution in [0.4, 0.5) is 17.6 Å². The highest BCUT2D eigenvalue weighted by Crippen LogP contribution is 2.32. The summed E-state index contributed by atoms with van der Waals surface area (Å²) >= 11 is 0. The van der Waals surface area contributed by atoms with Gasteiger partial charge < -0.3 is 5.32 Å². The van der Waals surface area contributed by atoms with Crippen LogP contribution in [0.5, 0.6) is 0 Å². The van der Waals surface area contributed by atoms with E-state index >= 15 is 0 Å². The number of alkyl halides is 3. The highest BCUT2D eigenvalue weighted by Gasteiger charge is 2.33. The first kappa shape index (κ1) is 15.0. The second-order valence-corrected chi connectivity index (χ2v) is 4.66. The average Bonchev–Trinajstić information content (AvgIpc) is 2.24. The minimum Gasteiger partial charge on any atom is -0.313 e. The van der Waals surface area contributed by atoms with Crippen LogP contribution in [0.1, 0.15) is 31.4 Å². The molecule has 0 saturated carbocycles. The largest absolute Gasteiger partial charge is 0.416 e. The summed E-state index contributed by atoms with van der Waals surface area (Å²) in [5.41, 5.74) is -0.827. The number of hydrogen-bond donors (Lipinski definition) is 1. The molecule has 1 nitrogen and oxygen atoms in total. The molecule has 0 atom stereocenters. The van der Waals surface area contributed by atoms with E-state index in [0.717, 1.165) is 12.5 Å². The Morgan fingerprint density at radius 1 is 1.22 bits per heavy atom. The number of rotatable bonds is 5. The summed E-state index contributed by atoms with van der Waals surface area (Å²) in [6.45, 7) is 4.83. The van der Waals surface area contributed by atoms with Crippen molar-refractivity contribution in [2.24, 2.45) is 5.92 Å². The molecule has 0 heterocycles. The molecule has 1 rings (SSSR count). The molecule has 1 aromatic rings. The van der Waals surface area contributed by atoms with E-state index in [9.17, 15) is 17.6 Å². The Morgan fingerprint density at radius 2 is 1.89 bits per heavy atom. The van der Waals surface area contributed by atoms with Gasteiger partial charge in [0, 0.05) is 6.54 Å². The quantitative estimate of drug-likeness (QED) is 0.626. The topological polar surface area (TPSA) is 12.0 Å². The van der Waals surface area contributed by atoms with Crippen molar-refractivity contribution in [2.45, 2.75) is 33.0 Å². The molecule has 18 heavy (non-hydrogen) atoms. The standard InChI is InChI=1S/C13H17F4N/c1-9(2)5-6-18-8-10-3-4-11(14)7-12(10)13(15,16)17/h3-4,7,9,18H,5-6,8H2,1-2H3. The van der Waals surface area contributed by atoms with Gasteiger partial charge in [-0.15, -0.1) is 0 Å². The number of hydrogen-bond acceptors (Lipinski definition) is 1. The maximum absolute atomic E-state index is 12.9. The molecule has 0 fully saturated rings. The van der Waals surface area contributed by atoms with E-state index in [4.69, 9.17) is 0 Å². The van der Waals surface area contributed by atoms with Crippen LogP contribution in [0.25, 0.3) is 0 Å². The number of nitrogens with one attached hydrogen (secondary N) is 1. The summed E-state index contributed by atoms with van der Waals surface area (Å²) in [4.78, 5) is 0. The molecule has 1 aromatic carbocycles. The number of halogens is 4. The number of benzene rings is 1. The van der Waals surface area contributed by atoms with Gasteiger partial charge in [-0.05, 0) is 36.6 Å². The SMILES string of the molecule is CC(C)CCNCc1ccc(F)cc1C(F)(F)F. The summed E-state index contributed by atoms with van der Waals surface area (Å²) in [5.74, 6) is -0.374. The normalized spacial score (nSPS) is 12.2. The van der Waals surface area contributed by atoms with Gasteiger partial charge in [-0.2, -0.15) is 13.2 Å². The van der Waals surface area contributed by atoms with Crippen molar-refractivity contribution in [2.75, 3.05) is 6.54 Å². The lowest BCUT2D eigenvalue weighted by atomic mass is 10.1. The van der Waals surface area contributed by atoms with E-state index in [1.807, 2.05) is 13.8 Å². The van der Waals surface area contributed by atoms with Gasteiger partial charge in [-0.25, -0.2) is 4.39 Å². The van der Waals surface area contributed by atoms with Gasteiger partial charge in [0.2, 0.25) is 0 Å². The van der Waals surface area contributed by atoms with E-state index in [0.29, 0.717) is 18.5 Å². The fourth-order valence-corrected chi connectivity index (χ4v) is 1.58. The third kappa shape index (κ3) is 4.64. The maximum Gasteiger partial charge on any atom is 0.416 e. The van der Waals surface area contributed by atoms with E-state index in [1.165, 1.54) is 6.07 Å². The zero-order chi connectivity index (χ0) is 13.8. The first-order valence-corrected chi connectivity index (χ1v) is 5.87. The Kier molecular flexibility index (Phi) is 5.14. The second kappa shape index (κ2) is 6.18. The average molecular weight is 263 g/mol. The molecule has 0 bridgehead atoms. The fourth-order valence-electron chi connectivity index (χ4n) is 1.58. The lowest BCUT2D eigenvalue weighted by molar-refractivity contribution is -0.138. The van der Waals surface area contributed by atoms with Crippen LogP contribution in [0.15, 0.2) is 18.2 Å². The molecule has 102 valence electrons. The molecular weight excluding hydrogens is 246 g/mol. The van der Waals surface area contributed by atoms with Gasteiger partial charge in [0.1, 0.15) is 5.82 Å². The van der Waals surface area contributed by atoms with Gasteiger partial charge in [0.25, 0.3) is 0 Å². The molecule has 0 aromatic heterocycles. The van der Waals surface area contributed by atoms with Crippen LogP contribution in [0.2, 0.25) is 0 Å². The van der Waals surface area contributed by atoms with Gasteiger partial charge in [-0.1, -0.05) is 19.9 Å². The van der Waals surface area contributed by atoms with E-state index in [-0.39, 0.29) is 12.1 Å². The summed E-state index contributed by atoms with van der Waals surface area (Å²) in [6, 6.07) is 2.77. The molecule has 0 amide bonds. The molecule has 0 spiro atoms. The van der Waals surface area contributed by atoms with Gasteiger partial charge >= 0.3 is 6.18 Å². The zero-order valence-corrected chi connectivity index (χ0v) is 10.4. The lowest BCUT2D eigenvalue weighted by Gasteiger charge is -2.14. The zero-order valence-electron chi connectivity index (χ0n) is 10.4. The molecule has 0 saturated heterocycles. The molecule has 0 aliphatic carbocycles. The van der Waals surface area contributed by atoms with Crippen LogP contribution in [0.3, 0.4) is 0 Å². The minimum atomic E-state index is -4.52. The van der Waals surface area contributed by atoms with Crippen molar-refractivity contribution in [1.82, 2.24) is 5.32 Å². The van der Waals surface area contributed by atoms with Crippen LogP contribution in [-0.4, -0.2) is 6.54 Å². The Bertz CT molecular complexity index is 385. The van der Waals surface area contributed by atoms with E-state index in [1.54, 1.807) is 0 Å². The summed E-state index contributed by atoms with van der Waals surface area (Å²) in [6.07, 6.45) is -3.63. The summed E-state index contributed by atoms with van der Waals surface area (Å²) < 4.78 is 50.9. The predicted octanol–water partition coefficient (Wildman–Crippen LogP) is 3.98. The van der Waals surface area contributed by atoms with Crippen LogP contribution >= 0.6 is 0 Å². The Labute approximate surface area is 104 Å². The maximum atomic E-state index is 12.9. The lowest BCUT2D eigenvalue weighted by Crippen LogP contribution is -2.19. The molecule has 0 aliphatic heterocycles. The van der Waals surface area contributed by atoms with Gasteiger partial charge in [0.15, 0.2) is 0 Å². The smallest absolute Gasteiger partial charge is 0.313 e. The van der Waals surface area contributed by atoms with Crippen molar-refractivity contribution in [3.8, 4) is 0 Å². The molecule has 0 aliphatic rings. The van der Waals surface area contributed by atoms with E-state index in [2.05, 4.69) is 5.32 Å². The fraction of sp³-hybridized carbons (Fsp3) is 0.538. The van der Waals surface area contributed by atoms with Crippen molar-refractivity contribution in [3.63, 3.8) is 0 Å². The summed E-state index contributed by atoms with van der Waals surface area (Å²) in [7, 11) is 0. The van der Waals surface area contributed by atoms with Crippen molar-refractivity contribution in [3.05, 3.63) is 35.1 Å². The first-order chi connectivity index (χ1) is 8.30. The van der Waals surface area contributed by atoms with Crippen molar-refractivity contribution < 1.29 is 17.6 Å². The Hall–Kier alpha value is -1.10. The van der Waals surface area contributed by atoms with Crippen LogP contribution < -0.4 is 5.32 Å². The van der Waals surface area contributed by atoms with Gasteiger partial charge in [0.05, 0.1) is 5.56 Å². The third-order valence-corrected chi connectivity index (χ3v) is 2.59. The molecule has 1 N–H and O–H groups in total. The second-order valence-electron chi connectivity index (χ2n) is 4.66. The third-order valence-electron chi connectivity index (χ3n) is 2.59. The summed E-state index contributed by atoms with van der Waals surface area (Å²) in [5, 5.41) is 2.94. The Morgan fingerprint density at radius 3 is 2.44 bits per heavy atom. The highest BCUT2D eigenvalue weighted by molar-refractivity contribution is 5.30. The first-order valence-electron chi connectivity index (χ1n) is 5.87. The monoisotopic (exact) mass is 263 g/mol. The Balaban J connectivity index is 2.70. The van der Waals surface area contributed by atoms with Crippen molar-refractivity contribution in [1.29, 1.82) is 0 Å².